The number of anilines is 2. The summed E-state index contributed by atoms with van der Waals surface area (Å²) in [6.07, 6.45) is 4.04. The van der Waals surface area contributed by atoms with Crippen molar-refractivity contribution < 1.29 is 18.6 Å². The SMILES string of the molecule is CC[N+](C)(C)Cc1ccc(C(=O)Nc2ccc(/C=C/c3ccc(NC(=O)c4ccc(C[N+](C)(C)CC)cc4)cc3)cc2)cc1. The van der Waals surface area contributed by atoms with Gasteiger partial charge in [-0.15, -0.1) is 0 Å². The van der Waals surface area contributed by atoms with Crippen LogP contribution in [-0.2, 0) is 13.1 Å². The Labute approximate surface area is 262 Å². The van der Waals surface area contributed by atoms with E-state index in [0.717, 1.165) is 57.6 Å². The molecule has 6 heteroatoms. The highest BCUT2D eigenvalue weighted by Gasteiger charge is 2.15. The highest BCUT2D eigenvalue weighted by molar-refractivity contribution is 6.05. The third kappa shape index (κ3) is 9.49. The molecule has 4 rings (SSSR count). The Morgan fingerprint density at radius 2 is 0.841 bits per heavy atom. The number of nitrogens with one attached hydrogen (secondary N) is 2. The molecule has 0 heterocycles. The standard InChI is InChI=1S/C38H44N4O2/c1-7-41(3,4)27-31-11-19-33(20-12-31)37(43)39-35-23-15-29(16-24-35)9-10-30-17-25-36(26-18-30)40-38(44)34-21-13-32(14-22-34)28-42(5,6)8-2/h9-26H,7-8,27-28H2,1-6H3/p+2/b10-9+. The van der Waals surface area contributed by atoms with Crippen molar-refractivity contribution in [2.24, 2.45) is 0 Å². The Morgan fingerprint density at radius 1 is 0.523 bits per heavy atom. The first-order valence-electron chi connectivity index (χ1n) is 15.3. The average molecular weight is 591 g/mol. The van der Waals surface area contributed by atoms with Crippen LogP contribution in [0, 0.1) is 0 Å². The van der Waals surface area contributed by atoms with Crippen LogP contribution < -0.4 is 10.6 Å². The molecule has 0 aliphatic carbocycles. The van der Waals surface area contributed by atoms with Crippen LogP contribution in [0.1, 0.15) is 56.8 Å². The van der Waals surface area contributed by atoms with Crippen LogP contribution in [0.4, 0.5) is 11.4 Å². The number of amides is 2. The van der Waals surface area contributed by atoms with Gasteiger partial charge in [-0.1, -0.05) is 60.7 Å². The molecule has 228 valence electrons. The molecule has 0 unspecified atom stereocenters. The number of quaternary nitrogens is 2. The van der Waals surface area contributed by atoms with Crippen LogP contribution in [-0.4, -0.2) is 62.1 Å². The van der Waals surface area contributed by atoms with Gasteiger partial charge in [-0.05, 0) is 73.5 Å². The molecule has 0 bridgehead atoms. The minimum atomic E-state index is -0.122. The summed E-state index contributed by atoms with van der Waals surface area (Å²) < 4.78 is 1.81. The van der Waals surface area contributed by atoms with E-state index >= 15 is 0 Å². The van der Waals surface area contributed by atoms with E-state index in [-0.39, 0.29) is 11.8 Å². The summed E-state index contributed by atoms with van der Waals surface area (Å²) in [5, 5.41) is 5.97. The largest absolute Gasteiger partial charge is 0.325 e. The number of hydrogen-bond acceptors (Lipinski definition) is 2. The van der Waals surface area contributed by atoms with Gasteiger partial charge in [0, 0.05) is 33.6 Å². The van der Waals surface area contributed by atoms with E-state index in [2.05, 4.69) is 52.7 Å². The van der Waals surface area contributed by atoms with Gasteiger partial charge >= 0.3 is 0 Å². The van der Waals surface area contributed by atoms with E-state index in [4.69, 9.17) is 0 Å². The summed E-state index contributed by atoms with van der Waals surface area (Å²) in [6, 6.07) is 31.2. The second kappa shape index (κ2) is 14.3. The second-order valence-electron chi connectivity index (χ2n) is 12.7. The number of nitrogens with zero attached hydrogens (tertiary/aromatic N) is 2. The van der Waals surface area contributed by atoms with Crippen molar-refractivity contribution in [3.8, 4) is 0 Å². The lowest BCUT2D eigenvalue weighted by Crippen LogP contribution is -2.38. The Hall–Kier alpha value is -4.52. The van der Waals surface area contributed by atoms with Crippen LogP contribution in [0.25, 0.3) is 12.2 Å². The summed E-state index contributed by atoms with van der Waals surface area (Å²) in [4.78, 5) is 25.5. The molecule has 4 aromatic carbocycles. The molecule has 0 saturated carbocycles. The van der Waals surface area contributed by atoms with Gasteiger partial charge in [0.1, 0.15) is 13.1 Å². The fourth-order valence-electron chi connectivity index (χ4n) is 4.69. The summed E-state index contributed by atoms with van der Waals surface area (Å²) >= 11 is 0. The Morgan fingerprint density at radius 3 is 1.14 bits per heavy atom. The maximum atomic E-state index is 12.8. The summed E-state index contributed by atoms with van der Waals surface area (Å²) in [6.45, 7) is 8.32. The minimum absolute atomic E-state index is 0.122. The second-order valence-corrected chi connectivity index (χ2v) is 12.7. The van der Waals surface area contributed by atoms with E-state index in [0.29, 0.717) is 11.1 Å². The third-order valence-corrected chi connectivity index (χ3v) is 8.17. The monoisotopic (exact) mass is 590 g/mol. The zero-order valence-electron chi connectivity index (χ0n) is 26.9. The molecular formula is C38H46N4O2+2. The van der Waals surface area contributed by atoms with Gasteiger partial charge < -0.3 is 19.6 Å². The molecule has 0 radical (unpaired) electrons. The molecule has 0 saturated heterocycles. The van der Waals surface area contributed by atoms with Gasteiger partial charge in [0.2, 0.25) is 0 Å². The van der Waals surface area contributed by atoms with Gasteiger partial charge in [-0.25, -0.2) is 0 Å². The van der Waals surface area contributed by atoms with Crippen molar-refractivity contribution in [3.05, 3.63) is 130 Å². The lowest BCUT2D eigenvalue weighted by molar-refractivity contribution is -0.901. The van der Waals surface area contributed by atoms with Crippen molar-refractivity contribution in [1.82, 2.24) is 0 Å². The molecule has 2 amide bonds. The van der Waals surface area contributed by atoms with Gasteiger partial charge in [-0.3, -0.25) is 9.59 Å². The molecule has 44 heavy (non-hydrogen) atoms. The van der Waals surface area contributed by atoms with Crippen LogP contribution in [0.15, 0.2) is 97.1 Å². The highest BCUT2D eigenvalue weighted by atomic mass is 16.2. The topological polar surface area (TPSA) is 58.2 Å². The zero-order chi connectivity index (χ0) is 31.7. The molecule has 0 atom stereocenters. The fourth-order valence-corrected chi connectivity index (χ4v) is 4.69. The predicted molar refractivity (Wildman–Crippen MR) is 183 cm³/mol. The highest BCUT2D eigenvalue weighted by Crippen LogP contribution is 2.18. The Bertz CT molecular complexity index is 1450. The van der Waals surface area contributed by atoms with E-state index in [9.17, 15) is 9.59 Å². The fraction of sp³-hybridized carbons (Fsp3) is 0.263. The van der Waals surface area contributed by atoms with Crippen LogP contribution >= 0.6 is 0 Å². The van der Waals surface area contributed by atoms with Gasteiger partial charge in [0.25, 0.3) is 11.8 Å². The first-order valence-corrected chi connectivity index (χ1v) is 15.3. The van der Waals surface area contributed by atoms with Gasteiger partial charge in [-0.2, -0.15) is 0 Å². The smallest absolute Gasteiger partial charge is 0.255 e. The number of rotatable bonds is 12. The summed E-state index contributed by atoms with van der Waals surface area (Å²) in [5.74, 6) is -0.243. The van der Waals surface area contributed by atoms with Crippen molar-refractivity contribution in [2.45, 2.75) is 26.9 Å². The molecule has 0 aliphatic rings. The first-order chi connectivity index (χ1) is 20.9. The molecule has 4 aromatic rings. The Balaban J connectivity index is 1.28. The molecule has 6 nitrogen and oxygen atoms in total. The van der Waals surface area contributed by atoms with E-state index in [1.54, 1.807) is 0 Å². The quantitative estimate of drug-likeness (QED) is 0.132. The van der Waals surface area contributed by atoms with Crippen molar-refractivity contribution in [3.63, 3.8) is 0 Å². The summed E-state index contributed by atoms with van der Waals surface area (Å²) in [5.41, 5.74) is 7.26. The number of carbonyl (C=O) groups is 2. The lowest BCUT2D eigenvalue weighted by Gasteiger charge is -2.28. The van der Waals surface area contributed by atoms with E-state index in [1.807, 2.05) is 109 Å². The molecule has 0 aliphatic heterocycles. The van der Waals surface area contributed by atoms with E-state index < -0.39 is 0 Å². The van der Waals surface area contributed by atoms with Crippen LogP contribution in [0.5, 0.6) is 0 Å². The van der Waals surface area contributed by atoms with Gasteiger partial charge in [0.15, 0.2) is 0 Å². The van der Waals surface area contributed by atoms with Crippen LogP contribution in [0.3, 0.4) is 0 Å². The van der Waals surface area contributed by atoms with Gasteiger partial charge in [0.05, 0.1) is 41.3 Å². The van der Waals surface area contributed by atoms with Crippen LogP contribution in [0.2, 0.25) is 0 Å². The van der Waals surface area contributed by atoms with Crippen molar-refractivity contribution in [2.75, 3.05) is 51.9 Å². The molecule has 0 spiro atoms. The molecule has 0 fully saturated rings. The zero-order valence-corrected chi connectivity index (χ0v) is 26.9. The van der Waals surface area contributed by atoms with Crippen molar-refractivity contribution >= 4 is 35.3 Å². The number of hydrogen-bond donors (Lipinski definition) is 2. The van der Waals surface area contributed by atoms with E-state index in [1.165, 1.54) is 11.1 Å². The van der Waals surface area contributed by atoms with Crippen molar-refractivity contribution in [1.29, 1.82) is 0 Å². The number of carbonyl (C=O) groups excluding carboxylic acids is 2. The summed E-state index contributed by atoms with van der Waals surface area (Å²) in [7, 11) is 8.80. The predicted octanol–water partition coefficient (Wildman–Crippen LogP) is 7.55. The lowest BCUT2D eigenvalue weighted by atomic mass is 10.1. The molecule has 0 aromatic heterocycles. The first kappa shape index (κ1) is 32.4. The third-order valence-electron chi connectivity index (χ3n) is 8.17. The maximum Gasteiger partial charge on any atom is 0.255 e. The minimum Gasteiger partial charge on any atom is -0.325 e. The normalized spacial score (nSPS) is 11.9. The average Bonchev–Trinajstić information content (AvgIpc) is 3.01. The maximum absolute atomic E-state index is 12.8. The molecular weight excluding hydrogens is 544 g/mol. The number of benzene rings is 4. The Kier molecular flexibility index (Phi) is 10.5. The molecule has 2 N–H and O–H groups in total.